The van der Waals surface area contributed by atoms with Gasteiger partial charge in [-0.2, -0.15) is 4.31 Å². The predicted octanol–water partition coefficient (Wildman–Crippen LogP) is 2.40. The van der Waals surface area contributed by atoms with E-state index in [1.807, 2.05) is 6.07 Å². The van der Waals surface area contributed by atoms with Crippen LogP contribution >= 0.6 is 0 Å². The van der Waals surface area contributed by atoms with E-state index in [0.29, 0.717) is 4.90 Å². The number of fused-ring (bicyclic) bond motifs is 1. The molecule has 1 aliphatic heterocycles. The molecule has 0 radical (unpaired) electrons. The number of anilines is 1. The zero-order valence-corrected chi connectivity index (χ0v) is 17.2. The normalized spacial score (nSPS) is 17.1. The molecule has 6 nitrogen and oxygen atoms in total. The number of sulfonamides is 1. The Balaban J connectivity index is 1.34. The van der Waals surface area contributed by atoms with Crippen molar-refractivity contribution in [1.29, 1.82) is 0 Å². The standard InChI is InChI=1S/C21H23F2N3O3S/c22-17-5-7-20(19(23)13-17)24-14-21(27)25-8-10-26(11-9-25)30(28,29)18-6-4-15-2-1-3-16(15)12-18/h4-7,12-13,24H,1-3,8-11,14H2. The summed E-state index contributed by atoms with van der Waals surface area (Å²) in [5, 5.41) is 2.66. The third-order valence-electron chi connectivity index (χ3n) is 5.66. The van der Waals surface area contributed by atoms with Gasteiger partial charge >= 0.3 is 0 Å². The smallest absolute Gasteiger partial charge is 0.243 e. The largest absolute Gasteiger partial charge is 0.374 e. The Labute approximate surface area is 174 Å². The summed E-state index contributed by atoms with van der Waals surface area (Å²) >= 11 is 0. The van der Waals surface area contributed by atoms with E-state index >= 15 is 0 Å². The number of carbonyl (C=O) groups excluding carboxylic acids is 1. The van der Waals surface area contributed by atoms with Gasteiger partial charge in [0.25, 0.3) is 0 Å². The first kappa shape index (κ1) is 20.7. The number of amides is 1. The molecule has 160 valence electrons. The van der Waals surface area contributed by atoms with Crippen molar-refractivity contribution >= 4 is 21.6 Å². The second-order valence-electron chi connectivity index (χ2n) is 7.55. The summed E-state index contributed by atoms with van der Waals surface area (Å²) in [5.41, 5.74) is 2.36. The van der Waals surface area contributed by atoms with Crippen LogP contribution in [-0.2, 0) is 27.7 Å². The summed E-state index contributed by atoms with van der Waals surface area (Å²) in [6, 6.07) is 8.43. The molecule has 1 amide bonds. The average molecular weight is 435 g/mol. The van der Waals surface area contributed by atoms with Crippen molar-refractivity contribution in [3.8, 4) is 0 Å². The fourth-order valence-corrected chi connectivity index (χ4v) is 5.42. The minimum atomic E-state index is -3.60. The monoisotopic (exact) mass is 435 g/mol. The Kier molecular flexibility index (Phi) is 5.75. The molecule has 2 aromatic carbocycles. The predicted molar refractivity (Wildman–Crippen MR) is 109 cm³/mol. The van der Waals surface area contributed by atoms with Crippen LogP contribution in [0.2, 0.25) is 0 Å². The average Bonchev–Trinajstić information content (AvgIpc) is 3.21. The summed E-state index contributed by atoms with van der Waals surface area (Å²) in [6.07, 6.45) is 2.95. The third kappa shape index (κ3) is 4.17. The van der Waals surface area contributed by atoms with Crippen LogP contribution < -0.4 is 5.32 Å². The fraction of sp³-hybridized carbons (Fsp3) is 0.381. The van der Waals surface area contributed by atoms with Crippen molar-refractivity contribution < 1.29 is 22.0 Å². The Morgan fingerprint density at radius 2 is 1.70 bits per heavy atom. The van der Waals surface area contributed by atoms with Gasteiger partial charge in [-0.3, -0.25) is 4.79 Å². The number of carbonyl (C=O) groups is 1. The summed E-state index contributed by atoms with van der Waals surface area (Å²) in [5.74, 6) is -1.73. The number of nitrogens with one attached hydrogen (secondary N) is 1. The molecule has 0 unspecified atom stereocenters. The first-order chi connectivity index (χ1) is 14.3. The summed E-state index contributed by atoms with van der Waals surface area (Å²) in [7, 11) is -3.60. The van der Waals surface area contributed by atoms with E-state index < -0.39 is 21.7 Å². The van der Waals surface area contributed by atoms with E-state index in [2.05, 4.69) is 5.32 Å². The van der Waals surface area contributed by atoms with Crippen LogP contribution in [-0.4, -0.2) is 56.3 Å². The Bertz CT molecular complexity index is 1070. The van der Waals surface area contributed by atoms with Gasteiger partial charge in [-0.15, -0.1) is 0 Å². The Morgan fingerprint density at radius 3 is 2.43 bits per heavy atom. The van der Waals surface area contributed by atoms with E-state index in [1.165, 1.54) is 15.9 Å². The van der Waals surface area contributed by atoms with Crippen LogP contribution in [0.3, 0.4) is 0 Å². The van der Waals surface area contributed by atoms with Crippen LogP contribution in [0, 0.1) is 11.6 Å². The number of rotatable bonds is 5. The first-order valence-electron chi connectivity index (χ1n) is 9.93. The van der Waals surface area contributed by atoms with Crippen LogP contribution in [0.25, 0.3) is 0 Å². The van der Waals surface area contributed by atoms with Gasteiger partial charge < -0.3 is 10.2 Å². The second kappa shape index (κ2) is 8.31. The number of hydrogen-bond acceptors (Lipinski definition) is 4. The van der Waals surface area contributed by atoms with Crippen molar-refractivity contribution in [3.63, 3.8) is 0 Å². The van der Waals surface area contributed by atoms with E-state index in [-0.39, 0.29) is 44.3 Å². The molecule has 1 fully saturated rings. The van der Waals surface area contributed by atoms with Crippen molar-refractivity contribution in [2.75, 3.05) is 38.0 Å². The molecule has 0 spiro atoms. The van der Waals surface area contributed by atoms with Crippen molar-refractivity contribution in [2.24, 2.45) is 0 Å². The molecular formula is C21H23F2N3O3S. The van der Waals surface area contributed by atoms with Gasteiger partial charge in [0.05, 0.1) is 17.1 Å². The van der Waals surface area contributed by atoms with Gasteiger partial charge in [-0.1, -0.05) is 6.07 Å². The highest BCUT2D eigenvalue weighted by Crippen LogP contribution is 2.26. The molecule has 1 heterocycles. The van der Waals surface area contributed by atoms with Gasteiger partial charge in [0.2, 0.25) is 15.9 Å². The van der Waals surface area contributed by atoms with E-state index in [4.69, 9.17) is 0 Å². The third-order valence-corrected chi connectivity index (χ3v) is 7.55. The molecule has 2 aromatic rings. The minimum absolute atomic E-state index is 0.0440. The maximum Gasteiger partial charge on any atom is 0.243 e. The minimum Gasteiger partial charge on any atom is -0.374 e. The van der Waals surface area contributed by atoms with E-state index in [1.54, 1.807) is 17.0 Å². The zero-order valence-electron chi connectivity index (χ0n) is 16.4. The molecule has 1 saturated heterocycles. The van der Waals surface area contributed by atoms with Crippen LogP contribution in [0.15, 0.2) is 41.3 Å². The Morgan fingerprint density at radius 1 is 0.967 bits per heavy atom. The van der Waals surface area contributed by atoms with Gasteiger partial charge in [-0.05, 0) is 54.7 Å². The van der Waals surface area contributed by atoms with Gasteiger partial charge in [0.1, 0.15) is 11.6 Å². The maximum absolute atomic E-state index is 13.7. The topological polar surface area (TPSA) is 69.7 Å². The highest BCUT2D eigenvalue weighted by Gasteiger charge is 2.30. The van der Waals surface area contributed by atoms with E-state index in [9.17, 15) is 22.0 Å². The number of nitrogens with zero attached hydrogens (tertiary/aromatic N) is 2. The molecule has 9 heteroatoms. The lowest BCUT2D eigenvalue weighted by Crippen LogP contribution is -2.51. The molecule has 30 heavy (non-hydrogen) atoms. The quantitative estimate of drug-likeness (QED) is 0.783. The molecule has 0 bridgehead atoms. The number of halogens is 2. The molecule has 0 atom stereocenters. The highest BCUT2D eigenvalue weighted by molar-refractivity contribution is 7.89. The van der Waals surface area contributed by atoms with Crippen LogP contribution in [0.4, 0.5) is 14.5 Å². The molecular weight excluding hydrogens is 412 g/mol. The lowest BCUT2D eigenvalue weighted by Gasteiger charge is -2.34. The lowest BCUT2D eigenvalue weighted by molar-refractivity contribution is -0.130. The second-order valence-corrected chi connectivity index (χ2v) is 9.48. The molecule has 0 saturated carbocycles. The summed E-state index contributed by atoms with van der Waals surface area (Å²) < 4.78 is 54.0. The summed E-state index contributed by atoms with van der Waals surface area (Å²) in [4.78, 5) is 14.2. The Hall–Kier alpha value is -2.52. The number of piperazine rings is 1. The number of benzene rings is 2. The maximum atomic E-state index is 13.7. The highest BCUT2D eigenvalue weighted by atomic mass is 32.2. The van der Waals surface area contributed by atoms with Crippen molar-refractivity contribution in [3.05, 3.63) is 59.2 Å². The van der Waals surface area contributed by atoms with Gasteiger partial charge in [0.15, 0.2) is 0 Å². The molecule has 1 N–H and O–H groups in total. The zero-order chi connectivity index (χ0) is 21.3. The molecule has 0 aromatic heterocycles. The SMILES string of the molecule is O=C(CNc1ccc(F)cc1F)N1CCN(S(=O)(=O)c2ccc3c(c2)CCC3)CC1. The van der Waals surface area contributed by atoms with Crippen molar-refractivity contribution in [1.82, 2.24) is 9.21 Å². The molecule has 4 rings (SSSR count). The number of hydrogen-bond donors (Lipinski definition) is 1. The first-order valence-corrected chi connectivity index (χ1v) is 11.4. The van der Waals surface area contributed by atoms with Crippen LogP contribution in [0.5, 0.6) is 0 Å². The number of aryl methyl sites for hydroxylation is 2. The van der Waals surface area contributed by atoms with Crippen molar-refractivity contribution in [2.45, 2.75) is 24.2 Å². The fourth-order valence-electron chi connectivity index (χ4n) is 3.95. The lowest BCUT2D eigenvalue weighted by atomic mass is 10.1. The van der Waals surface area contributed by atoms with Gasteiger partial charge in [0, 0.05) is 32.2 Å². The van der Waals surface area contributed by atoms with Gasteiger partial charge in [-0.25, -0.2) is 17.2 Å². The molecule has 1 aliphatic carbocycles. The molecule has 2 aliphatic rings. The van der Waals surface area contributed by atoms with Crippen LogP contribution in [0.1, 0.15) is 17.5 Å². The van der Waals surface area contributed by atoms with E-state index in [0.717, 1.165) is 37.0 Å². The summed E-state index contributed by atoms with van der Waals surface area (Å²) in [6.45, 7) is 0.777.